The van der Waals surface area contributed by atoms with Crippen LogP contribution in [0.2, 0.25) is 5.02 Å². The van der Waals surface area contributed by atoms with Gasteiger partial charge in [0, 0.05) is 18.0 Å². The molecule has 2 N–H and O–H groups in total. The van der Waals surface area contributed by atoms with Gasteiger partial charge in [0.25, 0.3) is 5.91 Å². The summed E-state index contributed by atoms with van der Waals surface area (Å²) in [6, 6.07) is 15.1. The van der Waals surface area contributed by atoms with Crippen LogP contribution < -0.4 is 29.7 Å². The minimum Gasteiger partial charge on any atom is -0.493 e. The number of urea groups is 1. The fourth-order valence-electron chi connectivity index (χ4n) is 4.35. The highest BCUT2D eigenvalue weighted by Gasteiger charge is 2.34. The summed E-state index contributed by atoms with van der Waals surface area (Å²) in [4.78, 5) is 41.9. The van der Waals surface area contributed by atoms with Crippen LogP contribution in [-0.4, -0.2) is 41.1 Å². The van der Waals surface area contributed by atoms with Crippen LogP contribution in [0.25, 0.3) is 10.2 Å². The van der Waals surface area contributed by atoms with Crippen molar-refractivity contribution in [3.8, 4) is 17.2 Å². The Morgan fingerprint density at radius 2 is 1.85 bits per heavy atom. The van der Waals surface area contributed by atoms with E-state index < -0.39 is 11.9 Å². The summed E-state index contributed by atoms with van der Waals surface area (Å²) in [6.45, 7) is 0.239. The number of methoxy groups -OCH3 is 2. The zero-order valence-electron chi connectivity index (χ0n) is 21.7. The van der Waals surface area contributed by atoms with Crippen LogP contribution in [0.1, 0.15) is 15.4 Å². The topological polar surface area (TPSA) is 128 Å². The number of nitrogens with zero attached hydrogens (tertiary/aromatic N) is 4. The Bertz CT molecular complexity index is 1800. The predicted molar refractivity (Wildman–Crippen MR) is 156 cm³/mol. The third-order valence-electron chi connectivity index (χ3n) is 6.24. The number of ether oxygens (including phenoxy) is 3. The van der Waals surface area contributed by atoms with E-state index in [0.29, 0.717) is 55.4 Å². The quantitative estimate of drug-likeness (QED) is 0.217. The molecule has 0 radical (unpaired) electrons. The molecule has 0 saturated carbocycles. The minimum absolute atomic E-state index is 0.239. The zero-order chi connectivity index (χ0) is 28.5. The maximum atomic E-state index is 13.4. The van der Waals surface area contributed by atoms with Crippen molar-refractivity contribution in [1.82, 2.24) is 15.0 Å². The van der Waals surface area contributed by atoms with Crippen molar-refractivity contribution in [2.75, 3.05) is 29.8 Å². The number of carbonyl (C=O) groups excluding carboxylic acids is 2. The van der Waals surface area contributed by atoms with Crippen molar-refractivity contribution in [3.05, 3.63) is 82.7 Å². The highest BCUT2D eigenvalue weighted by Crippen LogP contribution is 2.45. The van der Waals surface area contributed by atoms with Gasteiger partial charge in [-0.3, -0.25) is 9.78 Å². The number of carbonyl (C=O) groups is 2. The summed E-state index contributed by atoms with van der Waals surface area (Å²) in [6.07, 6.45) is 3.04. The molecule has 0 aliphatic carbocycles. The fraction of sp³-hybridized carbons (Fsp3) is 0.107. The summed E-state index contributed by atoms with van der Waals surface area (Å²) < 4.78 is 16.4. The van der Waals surface area contributed by atoms with Crippen LogP contribution in [0.3, 0.4) is 0 Å². The predicted octanol–water partition coefficient (Wildman–Crippen LogP) is 6.27. The molecule has 1 aliphatic rings. The first kappa shape index (κ1) is 26.3. The Labute approximate surface area is 242 Å². The molecule has 206 valence electrons. The molecule has 0 atom stereocenters. The molecule has 0 saturated heterocycles. The maximum Gasteiger partial charge on any atom is 0.332 e. The Kier molecular flexibility index (Phi) is 7.00. The van der Waals surface area contributed by atoms with E-state index in [1.807, 2.05) is 18.2 Å². The normalized spacial score (nSPS) is 12.2. The van der Waals surface area contributed by atoms with Crippen LogP contribution in [-0.2, 0) is 6.61 Å². The highest BCUT2D eigenvalue weighted by atomic mass is 35.5. The second kappa shape index (κ2) is 10.9. The molecule has 6 rings (SSSR count). The lowest BCUT2D eigenvalue weighted by Gasteiger charge is -2.27. The molecule has 3 amide bonds. The molecule has 4 heterocycles. The van der Waals surface area contributed by atoms with Gasteiger partial charge in [0.2, 0.25) is 0 Å². The van der Waals surface area contributed by atoms with E-state index in [4.69, 9.17) is 25.8 Å². The summed E-state index contributed by atoms with van der Waals surface area (Å²) >= 11 is 7.67. The van der Waals surface area contributed by atoms with Crippen LogP contribution in [0, 0.1) is 0 Å². The largest absolute Gasteiger partial charge is 0.493 e. The number of nitrogens with one attached hydrogen (secondary N) is 2. The SMILES string of the molecule is COc1ccc(NC(=O)c2sc3ncnc4c3c2NC(=O)N4c2ccc(OCc3ccccn3)c(Cl)c2)cc1OC. The number of thiophene rings is 1. The number of halogens is 1. The number of aromatic nitrogens is 3. The molecule has 13 heteroatoms. The van der Waals surface area contributed by atoms with Gasteiger partial charge in [-0.1, -0.05) is 17.7 Å². The highest BCUT2D eigenvalue weighted by molar-refractivity contribution is 7.21. The van der Waals surface area contributed by atoms with Crippen molar-refractivity contribution in [2.24, 2.45) is 0 Å². The molecule has 0 bridgehead atoms. The summed E-state index contributed by atoms with van der Waals surface area (Å²) in [5.74, 6) is 1.34. The molecular weight excluding hydrogens is 568 g/mol. The lowest BCUT2D eigenvalue weighted by atomic mass is 10.2. The van der Waals surface area contributed by atoms with E-state index in [-0.39, 0.29) is 11.5 Å². The molecular formula is C28H21ClN6O5S. The number of anilines is 4. The molecule has 0 spiro atoms. The van der Waals surface area contributed by atoms with Gasteiger partial charge in [-0.25, -0.2) is 19.7 Å². The van der Waals surface area contributed by atoms with Crippen LogP contribution in [0.4, 0.5) is 27.7 Å². The van der Waals surface area contributed by atoms with Crippen molar-refractivity contribution >= 4 is 68.0 Å². The van der Waals surface area contributed by atoms with Gasteiger partial charge in [0.05, 0.1) is 41.7 Å². The number of amides is 3. The van der Waals surface area contributed by atoms with Gasteiger partial charge in [-0.2, -0.15) is 0 Å². The number of benzene rings is 2. The zero-order valence-corrected chi connectivity index (χ0v) is 23.2. The van der Waals surface area contributed by atoms with Crippen molar-refractivity contribution in [3.63, 3.8) is 0 Å². The standard InChI is InChI=1S/C28H21ClN6O5S/c1-38-20-8-6-15(11-21(20)39-2)33-26(36)24-23-22-25(31-14-32-27(22)41-24)35(28(37)34-23)17-7-9-19(18(29)12-17)40-13-16-5-3-4-10-30-16/h3-12,14H,13H2,1-2H3,(H,33,36)(H,34,37). The number of hydrogen-bond acceptors (Lipinski definition) is 9. The second-order valence-corrected chi connectivity index (χ2v) is 10.1. The fourth-order valence-corrected chi connectivity index (χ4v) is 5.57. The van der Waals surface area contributed by atoms with Crippen LogP contribution >= 0.6 is 22.9 Å². The summed E-state index contributed by atoms with van der Waals surface area (Å²) in [5.41, 5.74) is 2.04. The van der Waals surface area contributed by atoms with E-state index in [1.54, 1.807) is 42.6 Å². The van der Waals surface area contributed by atoms with Crippen molar-refractivity contribution in [2.45, 2.75) is 6.61 Å². The number of rotatable bonds is 8. The Morgan fingerprint density at radius 3 is 2.61 bits per heavy atom. The molecule has 0 fully saturated rings. The molecule has 41 heavy (non-hydrogen) atoms. The lowest BCUT2D eigenvalue weighted by molar-refractivity contribution is 0.103. The van der Waals surface area contributed by atoms with E-state index >= 15 is 0 Å². The van der Waals surface area contributed by atoms with E-state index in [0.717, 1.165) is 17.0 Å². The first-order chi connectivity index (χ1) is 20.0. The van der Waals surface area contributed by atoms with Gasteiger partial charge in [0.1, 0.15) is 28.4 Å². The first-order valence-electron chi connectivity index (χ1n) is 12.2. The first-order valence-corrected chi connectivity index (χ1v) is 13.4. The smallest absolute Gasteiger partial charge is 0.332 e. The average Bonchev–Trinajstić information content (AvgIpc) is 3.36. The summed E-state index contributed by atoms with van der Waals surface area (Å²) in [7, 11) is 3.04. The third kappa shape index (κ3) is 4.94. The van der Waals surface area contributed by atoms with E-state index in [9.17, 15) is 9.59 Å². The molecule has 0 unspecified atom stereocenters. The Morgan fingerprint density at radius 1 is 1.02 bits per heavy atom. The molecule has 2 aromatic carbocycles. The van der Waals surface area contributed by atoms with E-state index in [1.165, 1.54) is 25.4 Å². The maximum absolute atomic E-state index is 13.4. The second-order valence-electron chi connectivity index (χ2n) is 8.70. The Balaban J connectivity index is 1.30. The van der Waals surface area contributed by atoms with Gasteiger partial charge in [-0.05, 0) is 42.5 Å². The van der Waals surface area contributed by atoms with Gasteiger partial charge in [0.15, 0.2) is 17.3 Å². The molecule has 5 aromatic rings. The van der Waals surface area contributed by atoms with Gasteiger partial charge >= 0.3 is 6.03 Å². The average molecular weight is 589 g/mol. The summed E-state index contributed by atoms with van der Waals surface area (Å²) in [5, 5.41) is 6.54. The van der Waals surface area contributed by atoms with Crippen LogP contribution in [0.15, 0.2) is 67.1 Å². The van der Waals surface area contributed by atoms with Crippen molar-refractivity contribution < 1.29 is 23.8 Å². The van der Waals surface area contributed by atoms with E-state index in [2.05, 4.69) is 25.6 Å². The van der Waals surface area contributed by atoms with Gasteiger partial charge < -0.3 is 24.8 Å². The lowest BCUT2D eigenvalue weighted by Crippen LogP contribution is -2.35. The Hall–Kier alpha value is -4.94. The minimum atomic E-state index is -0.505. The monoisotopic (exact) mass is 588 g/mol. The molecule has 1 aliphatic heterocycles. The third-order valence-corrected chi connectivity index (χ3v) is 7.63. The number of pyridine rings is 1. The van der Waals surface area contributed by atoms with Gasteiger partial charge in [-0.15, -0.1) is 11.3 Å². The molecule has 3 aromatic heterocycles. The van der Waals surface area contributed by atoms with Crippen LogP contribution in [0.5, 0.6) is 17.2 Å². The number of hydrogen-bond donors (Lipinski definition) is 2. The van der Waals surface area contributed by atoms with Crippen molar-refractivity contribution in [1.29, 1.82) is 0 Å². The molecule has 11 nitrogen and oxygen atoms in total.